The molecule has 3 heterocycles. The molecule has 0 aliphatic carbocycles. The van der Waals surface area contributed by atoms with Crippen LogP contribution in [0.3, 0.4) is 0 Å². The number of phenolic OH excluding ortho intramolecular Hbond substituents is 1. The first-order valence-corrected chi connectivity index (χ1v) is 11.5. The third-order valence-corrected chi connectivity index (χ3v) is 6.35. The zero-order valence-corrected chi connectivity index (χ0v) is 19.4. The number of likely N-dealkylation sites (N-methyl/N-ethyl adjacent to an activating group) is 1. The lowest BCUT2D eigenvalue weighted by atomic mass is 9.97. The second kappa shape index (κ2) is 9.15. The van der Waals surface area contributed by atoms with Gasteiger partial charge in [-0.1, -0.05) is 25.1 Å². The van der Waals surface area contributed by atoms with E-state index in [1.807, 2.05) is 18.3 Å². The molecular formula is C26H28N6O2. The van der Waals surface area contributed by atoms with E-state index in [1.165, 1.54) is 0 Å². The topological polar surface area (TPSA) is 110 Å². The third kappa shape index (κ3) is 4.20. The van der Waals surface area contributed by atoms with E-state index in [-0.39, 0.29) is 11.7 Å². The predicted molar refractivity (Wildman–Crippen MR) is 133 cm³/mol. The minimum atomic E-state index is 0.0182. The molecule has 34 heavy (non-hydrogen) atoms. The zero-order valence-electron chi connectivity index (χ0n) is 19.4. The van der Waals surface area contributed by atoms with E-state index in [9.17, 15) is 9.90 Å². The fourth-order valence-electron chi connectivity index (χ4n) is 4.54. The lowest BCUT2D eigenvalue weighted by Crippen LogP contribution is -2.38. The van der Waals surface area contributed by atoms with Crippen LogP contribution in [0.15, 0.2) is 48.7 Å². The van der Waals surface area contributed by atoms with E-state index < -0.39 is 0 Å². The number of carbonyl (C=O) groups is 1. The van der Waals surface area contributed by atoms with Gasteiger partial charge in [-0.3, -0.25) is 14.8 Å². The van der Waals surface area contributed by atoms with Crippen LogP contribution in [0.25, 0.3) is 39.1 Å². The Labute approximate surface area is 197 Å². The number of benzene rings is 2. The number of H-pyrrole nitrogens is 2. The van der Waals surface area contributed by atoms with Crippen LogP contribution < -0.4 is 5.32 Å². The standard InChI is InChI=1S/C26H28N6O2/c1-3-16-11-19(33)7-9-20(16)17-6-8-21-22(12-17)30-31-25(21)26-28-13-23(29-26)18-5-4-10-32(14-18)15-24(34)27-2/h5-9,11-13,33H,3-4,10,14-15H2,1-2H3,(H,27,34)(H,28,29)(H,30,31). The van der Waals surface area contributed by atoms with Crippen molar-refractivity contribution in [3.05, 3.63) is 59.9 Å². The molecule has 4 aromatic rings. The van der Waals surface area contributed by atoms with Crippen LogP contribution in [0.4, 0.5) is 0 Å². The quantitative estimate of drug-likeness (QED) is 0.353. The number of imidazole rings is 1. The van der Waals surface area contributed by atoms with Crippen LogP contribution in [0.1, 0.15) is 24.6 Å². The zero-order chi connectivity index (χ0) is 23.7. The van der Waals surface area contributed by atoms with Crippen LogP contribution in [0.5, 0.6) is 5.75 Å². The minimum absolute atomic E-state index is 0.0182. The summed E-state index contributed by atoms with van der Waals surface area (Å²) in [7, 11) is 1.66. The molecule has 5 rings (SSSR count). The number of hydrogen-bond donors (Lipinski definition) is 4. The number of rotatable bonds is 6. The predicted octanol–water partition coefficient (Wildman–Crippen LogP) is 3.72. The van der Waals surface area contributed by atoms with E-state index in [2.05, 4.69) is 56.6 Å². The van der Waals surface area contributed by atoms with E-state index in [1.54, 1.807) is 13.1 Å². The number of hydrogen-bond acceptors (Lipinski definition) is 5. The molecule has 8 heteroatoms. The second-order valence-corrected chi connectivity index (χ2v) is 8.56. The van der Waals surface area contributed by atoms with Crippen molar-refractivity contribution >= 4 is 22.4 Å². The van der Waals surface area contributed by atoms with Gasteiger partial charge in [0.15, 0.2) is 5.82 Å². The van der Waals surface area contributed by atoms with Crippen molar-refractivity contribution < 1.29 is 9.90 Å². The Kier molecular flexibility index (Phi) is 5.90. The first-order chi connectivity index (χ1) is 16.6. The monoisotopic (exact) mass is 456 g/mol. The lowest BCUT2D eigenvalue weighted by molar-refractivity contribution is -0.121. The maximum absolute atomic E-state index is 11.8. The fraction of sp³-hybridized carbons (Fsp3) is 0.269. The van der Waals surface area contributed by atoms with Gasteiger partial charge in [-0.15, -0.1) is 0 Å². The van der Waals surface area contributed by atoms with Gasteiger partial charge in [0.05, 0.1) is 17.8 Å². The van der Waals surface area contributed by atoms with Crippen LogP contribution in [-0.4, -0.2) is 62.8 Å². The summed E-state index contributed by atoms with van der Waals surface area (Å²) in [5.41, 5.74) is 6.95. The highest BCUT2D eigenvalue weighted by Gasteiger charge is 2.19. The summed E-state index contributed by atoms with van der Waals surface area (Å²) in [6.45, 7) is 4.02. The number of nitrogens with one attached hydrogen (secondary N) is 3. The summed E-state index contributed by atoms with van der Waals surface area (Å²) in [4.78, 5) is 22.0. The van der Waals surface area contributed by atoms with Crippen molar-refractivity contribution in [3.63, 3.8) is 0 Å². The van der Waals surface area contributed by atoms with Crippen molar-refractivity contribution in [2.24, 2.45) is 0 Å². The second-order valence-electron chi connectivity index (χ2n) is 8.56. The number of nitrogens with zero attached hydrogens (tertiary/aromatic N) is 3. The molecule has 2 aromatic heterocycles. The summed E-state index contributed by atoms with van der Waals surface area (Å²) in [6.07, 6.45) is 5.82. The van der Waals surface area contributed by atoms with Gasteiger partial charge < -0.3 is 15.4 Å². The Hall–Kier alpha value is -3.91. The van der Waals surface area contributed by atoms with Gasteiger partial charge in [0.2, 0.25) is 5.91 Å². The van der Waals surface area contributed by atoms with Crippen LogP contribution in [0, 0.1) is 0 Å². The number of phenols is 1. The fourth-order valence-corrected chi connectivity index (χ4v) is 4.54. The first-order valence-electron chi connectivity index (χ1n) is 11.5. The van der Waals surface area contributed by atoms with Crippen molar-refractivity contribution in [3.8, 4) is 28.4 Å². The highest BCUT2D eigenvalue weighted by Crippen LogP contribution is 2.32. The number of aryl methyl sites for hydroxylation is 1. The Morgan fingerprint density at radius 1 is 1.24 bits per heavy atom. The molecule has 0 saturated carbocycles. The lowest BCUT2D eigenvalue weighted by Gasteiger charge is -2.25. The van der Waals surface area contributed by atoms with Crippen LogP contribution in [0.2, 0.25) is 0 Å². The van der Waals surface area contributed by atoms with Crippen LogP contribution >= 0.6 is 0 Å². The summed E-state index contributed by atoms with van der Waals surface area (Å²) in [5, 5.41) is 21.2. The molecular weight excluding hydrogens is 428 g/mol. The highest BCUT2D eigenvalue weighted by atomic mass is 16.3. The Bertz CT molecular complexity index is 1380. The average molecular weight is 457 g/mol. The van der Waals surface area contributed by atoms with Gasteiger partial charge >= 0.3 is 0 Å². The smallest absolute Gasteiger partial charge is 0.233 e. The number of fused-ring (bicyclic) bond motifs is 1. The molecule has 0 unspecified atom stereocenters. The van der Waals surface area contributed by atoms with Gasteiger partial charge in [-0.05, 0) is 59.4 Å². The van der Waals surface area contributed by atoms with E-state index >= 15 is 0 Å². The highest BCUT2D eigenvalue weighted by molar-refractivity contribution is 5.94. The molecule has 0 bridgehead atoms. The van der Waals surface area contributed by atoms with Gasteiger partial charge in [0.25, 0.3) is 0 Å². The molecule has 1 aliphatic heterocycles. The molecule has 1 amide bonds. The summed E-state index contributed by atoms with van der Waals surface area (Å²) < 4.78 is 0. The summed E-state index contributed by atoms with van der Waals surface area (Å²) >= 11 is 0. The van der Waals surface area contributed by atoms with Gasteiger partial charge in [0, 0.05) is 31.7 Å². The first kappa shape index (κ1) is 21.9. The summed E-state index contributed by atoms with van der Waals surface area (Å²) in [6, 6.07) is 11.7. The SMILES string of the molecule is CCc1cc(O)ccc1-c1ccc2c(-c3nc(C4=CCCN(CC(=O)NC)C4)c[nH]3)n[nH]c2c1. The molecule has 1 aliphatic rings. The molecule has 0 fully saturated rings. The molecule has 2 aromatic carbocycles. The molecule has 0 atom stereocenters. The molecule has 0 radical (unpaired) electrons. The average Bonchev–Trinajstić information content (AvgIpc) is 3.51. The summed E-state index contributed by atoms with van der Waals surface area (Å²) in [5.74, 6) is 1.01. The molecule has 4 N–H and O–H groups in total. The van der Waals surface area contributed by atoms with Crippen molar-refractivity contribution in [2.45, 2.75) is 19.8 Å². The van der Waals surface area contributed by atoms with E-state index in [0.717, 1.165) is 63.9 Å². The molecule has 8 nitrogen and oxygen atoms in total. The number of aromatic hydroxyl groups is 1. The maximum atomic E-state index is 11.8. The van der Waals surface area contributed by atoms with E-state index in [0.29, 0.717) is 18.9 Å². The maximum Gasteiger partial charge on any atom is 0.233 e. The third-order valence-electron chi connectivity index (χ3n) is 6.35. The number of carbonyl (C=O) groups excluding carboxylic acids is 1. The molecule has 0 saturated heterocycles. The van der Waals surface area contributed by atoms with Crippen molar-refractivity contribution in [1.82, 2.24) is 30.4 Å². The Morgan fingerprint density at radius 2 is 2.12 bits per heavy atom. The van der Waals surface area contributed by atoms with E-state index in [4.69, 9.17) is 4.98 Å². The minimum Gasteiger partial charge on any atom is -0.508 e. The van der Waals surface area contributed by atoms with Gasteiger partial charge in [-0.2, -0.15) is 5.10 Å². The normalized spacial score (nSPS) is 14.4. The van der Waals surface area contributed by atoms with Gasteiger partial charge in [0.1, 0.15) is 11.4 Å². The Balaban J connectivity index is 1.41. The van der Waals surface area contributed by atoms with Crippen molar-refractivity contribution in [1.29, 1.82) is 0 Å². The molecule has 174 valence electrons. The number of aromatic amines is 2. The molecule has 0 spiro atoms. The van der Waals surface area contributed by atoms with Crippen LogP contribution in [-0.2, 0) is 11.2 Å². The number of aromatic nitrogens is 4. The Morgan fingerprint density at radius 3 is 2.94 bits per heavy atom. The van der Waals surface area contributed by atoms with Crippen molar-refractivity contribution in [2.75, 3.05) is 26.7 Å². The number of amides is 1. The van der Waals surface area contributed by atoms with Gasteiger partial charge in [-0.25, -0.2) is 4.98 Å². The largest absolute Gasteiger partial charge is 0.508 e.